The molecule has 1 aromatic heterocycles. The molecule has 1 N–H and O–H groups in total. The molecule has 6 nitrogen and oxygen atoms in total. The molecule has 6 heteroatoms. The topological polar surface area (TPSA) is 81.0 Å². The van der Waals surface area contributed by atoms with Gasteiger partial charge >= 0.3 is 5.97 Å². The quantitative estimate of drug-likeness (QED) is 0.299. The number of oxime groups is 1. The Bertz CT molecular complexity index is 1030. The molecule has 0 radical (unpaired) electrons. The van der Waals surface area contributed by atoms with Gasteiger partial charge in [-0.05, 0) is 60.9 Å². The molecule has 2 aromatic carbocycles. The standard InChI is InChI=1S/C26H26N2O4/c29-25(30)18-31-24-13-5-11-22-19(9-4-12-23(22)24)14-16-32-28-26(20-7-2-1-3-8-20)21-10-6-15-27-17-21/h1-3,5-8,10-11,13,15,17,19H,4,9,12,14,16,18H2,(H,29,30). The van der Waals surface area contributed by atoms with E-state index >= 15 is 0 Å². The van der Waals surface area contributed by atoms with E-state index in [1.54, 1.807) is 12.4 Å². The Hall–Kier alpha value is -3.67. The van der Waals surface area contributed by atoms with Crippen molar-refractivity contribution in [3.05, 3.63) is 95.3 Å². The van der Waals surface area contributed by atoms with Gasteiger partial charge in [0.05, 0.1) is 0 Å². The van der Waals surface area contributed by atoms with E-state index < -0.39 is 5.97 Å². The predicted molar refractivity (Wildman–Crippen MR) is 122 cm³/mol. The number of rotatable bonds is 9. The molecule has 0 spiro atoms. The summed E-state index contributed by atoms with van der Waals surface area (Å²) in [5.74, 6) is 0.0430. The van der Waals surface area contributed by atoms with Crippen LogP contribution < -0.4 is 4.74 Å². The zero-order valence-electron chi connectivity index (χ0n) is 17.8. The summed E-state index contributed by atoms with van der Waals surface area (Å²) in [7, 11) is 0. The highest BCUT2D eigenvalue weighted by Crippen LogP contribution is 2.38. The van der Waals surface area contributed by atoms with Crippen molar-refractivity contribution in [1.29, 1.82) is 0 Å². The lowest BCUT2D eigenvalue weighted by Crippen LogP contribution is -2.15. The Morgan fingerprint density at radius 1 is 1.06 bits per heavy atom. The number of fused-ring (bicyclic) bond motifs is 1. The molecular formula is C26H26N2O4. The third-order valence-electron chi connectivity index (χ3n) is 5.64. The van der Waals surface area contributed by atoms with Gasteiger partial charge in [0.25, 0.3) is 0 Å². The van der Waals surface area contributed by atoms with Gasteiger partial charge in [-0.25, -0.2) is 4.79 Å². The van der Waals surface area contributed by atoms with Gasteiger partial charge < -0.3 is 14.7 Å². The Balaban J connectivity index is 1.45. The molecule has 3 aromatic rings. The van der Waals surface area contributed by atoms with Crippen LogP contribution >= 0.6 is 0 Å². The second-order valence-corrected chi connectivity index (χ2v) is 7.77. The van der Waals surface area contributed by atoms with E-state index in [1.807, 2.05) is 54.6 Å². The number of aromatic nitrogens is 1. The van der Waals surface area contributed by atoms with Crippen LogP contribution in [0.2, 0.25) is 0 Å². The molecule has 0 saturated carbocycles. The van der Waals surface area contributed by atoms with Crippen LogP contribution in [-0.2, 0) is 16.1 Å². The van der Waals surface area contributed by atoms with Gasteiger partial charge in [-0.2, -0.15) is 0 Å². The predicted octanol–water partition coefficient (Wildman–Crippen LogP) is 4.82. The molecule has 0 aliphatic heterocycles. The monoisotopic (exact) mass is 430 g/mol. The van der Waals surface area contributed by atoms with E-state index in [9.17, 15) is 4.79 Å². The van der Waals surface area contributed by atoms with Crippen LogP contribution in [0.25, 0.3) is 0 Å². The zero-order chi connectivity index (χ0) is 22.2. The average Bonchev–Trinajstić information content (AvgIpc) is 2.84. The van der Waals surface area contributed by atoms with Crippen LogP contribution in [0.3, 0.4) is 0 Å². The van der Waals surface area contributed by atoms with Gasteiger partial charge in [0.1, 0.15) is 18.1 Å². The van der Waals surface area contributed by atoms with Crippen molar-refractivity contribution in [3.8, 4) is 5.75 Å². The highest BCUT2D eigenvalue weighted by molar-refractivity contribution is 6.12. The maximum Gasteiger partial charge on any atom is 0.341 e. The van der Waals surface area contributed by atoms with Crippen molar-refractivity contribution in [3.63, 3.8) is 0 Å². The molecule has 4 rings (SSSR count). The van der Waals surface area contributed by atoms with Gasteiger partial charge in [-0.3, -0.25) is 4.98 Å². The zero-order valence-corrected chi connectivity index (χ0v) is 17.8. The summed E-state index contributed by atoms with van der Waals surface area (Å²) in [6.07, 6.45) is 7.36. The normalized spacial score (nSPS) is 15.6. The number of benzene rings is 2. The highest BCUT2D eigenvalue weighted by Gasteiger charge is 2.23. The summed E-state index contributed by atoms with van der Waals surface area (Å²) in [5.41, 5.74) is 4.98. The van der Waals surface area contributed by atoms with Gasteiger partial charge in [-0.1, -0.05) is 47.6 Å². The fourth-order valence-corrected chi connectivity index (χ4v) is 4.16. The van der Waals surface area contributed by atoms with Crippen molar-refractivity contribution in [2.45, 2.75) is 31.6 Å². The van der Waals surface area contributed by atoms with Crippen molar-refractivity contribution in [1.82, 2.24) is 4.98 Å². The molecular weight excluding hydrogens is 404 g/mol. The Labute approximate surface area is 187 Å². The van der Waals surface area contributed by atoms with Crippen LogP contribution in [0, 0.1) is 0 Å². The molecule has 164 valence electrons. The molecule has 1 aliphatic rings. The summed E-state index contributed by atoms with van der Waals surface area (Å²) in [5, 5.41) is 13.4. The smallest absolute Gasteiger partial charge is 0.341 e. The Morgan fingerprint density at radius 3 is 2.69 bits per heavy atom. The summed E-state index contributed by atoms with van der Waals surface area (Å²) >= 11 is 0. The minimum Gasteiger partial charge on any atom is -0.482 e. The molecule has 0 bridgehead atoms. The molecule has 1 unspecified atom stereocenters. The summed E-state index contributed by atoms with van der Waals surface area (Å²) in [4.78, 5) is 20.9. The maximum absolute atomic E-state index is 10.9. The second kappa shape index (κ2) is 10.6. The second-order valence-electron chi connectivity index (χ2n) is 7.77. The number of nitrogens with zero attached hydrogens (tertiary/aromatic N) is 2. The van der Waals surface area contributed by atoms with Gasteiger partial charge in [0.2, 0.25) is 0 Å². The SMILES string of the molecule is O=C(O)COc1cccc2c1CCCC2CCON=C(c1ccccc1)c1cccnc1. The van der Waals surface area contributed by atoms with E-state index in [4.69, 9.17) is 14.7 Å². The first-order valence-corrected chi connectivity index (χ1v) is 10.8. The fraction of sp³-hybridized carbons (Fsp3) is 0.269. The van der Waals surface area contributed by atoms with E-state index in [-0.39, 0.29) is 6.61 Å². The van der Waals surface area contributed by atoms with Crippen molar-refractivity contribution >= 4 is 11.7 Å². The summed E-state index contributed by atoms with van der Waals surface area (Å²) in [6, 6.07) is 19.7. The largest absolute Gasteiger partial charge is 0.482 e. The van der Waals surface area contributed by atoms with E-state index in [0.29, 0.717) is 18.3 Å². The minimum atomic E-state index is -0.968. The first-order valence-electron chi connectivity index (χ1n) is 10.8. The van der Waals surface area contributed by atoms with Crippen LogP contribution in [0.4, 0.5) is 0 Å². The molecule has 1 heterocycles. The molecule has 0 saturated heterocycles. The molecule has 32 heavy (non-hydrogen) atoms. The van der Waals surface area contributed by atoms with Gasteiger partial charge in [0.15, 0.2) is 6.61 Å². The number of aliphatic carboxylic acids is 1. The summed E-state index contributed by atoms with van der Waals surface area (Å²) < 4.78 is 5.51. The average molecular weight is 431 g/mol. The maximum atomic E-state index is 10.9. The van der Waals surface area contributed by atoms with Crippen LogP contribution in [0.5, 0.6) is 5.75 Å². The third kappa shape index (κ3) is 5.32. The first kappa shape index (κ1) is 21.6. The van der Waals surface area contributed by atoms with Gasteiger partial charge in [-0.15, -0.1) is 0 Å². The molecule has 0 fully saturated rings. The van der Waals surface area contributed by atoms with Crippen LogP contribution in [-0.4, -0.2) is 35.0 Å². The van der Waals surface area contributed by atoms with Crippen molar-refractivity contribution in [2.75, 3.05) is 13.2 Å². The lowest BCUT2D eigenvalue weighted by Gasteiger charge is -2.26. The van der Waals surface area contributed by atoms with E-state index in [1.165, 1.54) is 5.56 Å². The van der Waals surface area contributed by atoms with Crippen LogP contribution in [0.15, 0.2) is 78.2 Å². The fourth-order valence-electron chi connectivity index (χ4n) is 4.16. The first-order chi connectivity index (χ1) is 15.7. The number of ether oxygens (including phenoxy) is 1. The van der Waals surface area contributed by atoms with Crippen molar-refractivity contribution in [2.24, 2.45) is 5.16 Å². The number of carboxylic acid groups (broad SMARTS) is 1. The Morgan fingerprint density at radius 2 is 1.91 bits per heavy atom. The lowest BCUT2D eigenvalue weighted by atomic mass is 9.81. The number of hydrogen-bond donors (Lipinski definition) is 1. The number of carbonyl (C=O) groups is 1. The van der Waals surface area contributed by atoms with Gasteiger partial charge in [0, 0.05) is 23.5 Å². The molecule has 1 atom stereocenters. The van der Waals surface area contributed by atoms with Crippen LogP contribution in [0.1, 0.15) is 47.4 Å². The van der Waals surface area contributed by atoms with E-state index in [2.05, 4.69) is 16.2 Å². The number of pyridine rings is 1. The highest BCUT2D eigenvalue weighted by atomic mass is 16.6. The van der Waals surface area contributed by atoms with Crippen molar-refractivity contribution < 1.29 is 19.5 Å². The molecule has 0 amide bonds. The lowest BCUT2D eigenvalue weighted by molar-refractivity contribution is -0.139. The summed E-state index contributed by atoms with van der Waals surface area (Å²) in [6.45, 7) is 0.163. The number of carboxylic acids is 1. The number of hydrogen-bond acceptors (Lipinski definition) is 5. The minimum absolute atomic E-state index is 0.324. The third-order valence-corrected chi connectivity index (χ3v) is 5.64. The van der Waals surface area contributed by atoms with E-state index in [0.717, 1.165) is 48.1 Å². The molecule has 1 aliphatic carbocycles. The Kier molecular flexibility index (Phi) is 7.12.